The van der Waals surface area contributed by atoms with Crippen molar-refractivity contribution in [3.05, 3.63) is 99.8 Å². The van der Waals surface area contributed by atoms with Crippen LogP contribution in [0.2, 0.25) is 0 Å². The van der Waals surface area contributed by atoms with E-state index < -0.39 is 5.25 Å². The topological polar surface area (TPSA) is 64.0 Å². The van der Waals surface area contributed by atoms with Crippen molar-refractivity contribution in [2.45, 2.75) is 44.1 Å². The van der Waals surface area contributed by atoms with Gasteiger partial charge in [0, 0.05) is 6.04 Å². The Labute approximate surface area is 197 Å². The van der Waals surface area contributed by atoms with Gasteiger partial charge in [0.1, 0.15) is 5.25 Å². The van der Waals surface area contributed by atoms with E-state index >= 15 is 0 Å². The molecule has 1 N–H and O–H groups in total. The second kappa shape index (κ2) is 9.63. The van der Waals surface area contributed by atoms with Gasteiger partial charge in [-0.3, -0.25) is 14.2 Å². The van der Waals surface area contributed by atoms with Crippen LogP contribution in [-0.4, -0.2) is 21.5 Å². The van der Waals surface area contributed by atoms with Crippen LogP contribution in [0, 0.1) is 13.8 Å². The standard InChI is InChI=1S/C27H27N3O2S/c1-17(2)28-25(31)24(20-10-6-5-7-11-20)33-27-29-23-13-9-8-12-22(23)26(32)30(27)21-15-18(3)14-19(4)16-21/h5-17,24H,1-4H3,(H,28,31). The molecule has 4 rings (SSSR count). The van der Waals surface area contributed by atoms with Crippen LogP contribution in [0.3, 0.4) is 0 Å². The number of thioether (sulfide) groups is 1. The van der Waals surface area contributed by atoms with Gasteiger partial charge in [-0.1, -0.05) is 60.3 Å². The maximum Gasteiger partial charge on any atom is 0.266 e. The lowest BCUT2D eigenvalue weighted by Gasteiger charge is -2.21. The predicted molar refractivity (Wildman–Crippen MR) is 135 cm³/mol. The molecule has 6 heteroatoms. The van der Waals surface area contributed by atoms with Gasteiger partial charge in [0.2, 0.25) is 5.91 Å². The first kappa shape index (κ1) is 22.8. The summed E-state index contributed by atoms with van der Waals surface area (Å²) >= 11 is 1.29. The monoisotopic (exact) mass is 457 g/mol. The second-order valence-electron chi connectivity index (χ2n) is 8.47. The highest BCUT2D eigenvalue weighted by molar-refractivity contribution is 8.00. The summed E-state index contributed by atoms with van der Waals surface area (Å²) in [5.74, 6) is -0.115. The average Bonchev–Trinajstić information content (AvgIpc) is 2.77. The number of nitrogens with zero attached hydrogens (tertiary/aromatic N) is 2. The highest BCUT2D eigenvalue weighted by Crippen LogP contribution is 2.36. The molecule has 1 amide bonds. The number of carbonyl (C=O) groups excluding carboxylic acids is 1. The van der Waals surface area contributed by atoms with E-state index in [1.54, 1.807) is 10.6 Å². The largest absolute Gasteiger partial charge is 0.353 e. The van der Waals surface area contributed by atoms with Crippen LogP contribution in [0.1, 0.15) is 35.8 Å². The Hall–Kier alpha value is -3.38. The van der Waals surface area contributed by atoms with E-state index in [9.17, 15) is 9.59 Å². The van der Waals surface area contributed by atoms with E-state index in [1.807, 2.05) is 88.4 Å². The molecule has 0 fully saturated rings. The molecule has 0 spiro atoms. The van der Waals surface area contributed by atoms with Crippen molar-refractivity contribution in [1.29, 1.82) is 0 Å². The molecule has 0 saturated heterocycles. The summed E-state index contributed by atoms with van der Waals surface area (Å²) in [5, 5.41) is 3.49. The minimum Gasteiger partial charge on any atom is -0.353 e. The number of fused-ring (bicyclic) bond motifs is 1. The summed E-state index contributed by atoms with van der Waals surface area (Å²) < 4.78 is 1.63. The van der Waals surface area contributed by atoms with Crippen LogP contribution >= 0.6 is 11.8 Å². The molecule has 0 aliphatic heterocycles. The molecule has 1 heterocycles. The summed E-state index contributed by atoms with van der Waals surface area (Å²) in [7, 11) is 0. The number of hydrogen-bond donors (Lipinski definition) is 1. The number of benzene rings is 3. The molecule has 33 heavy (non-hydrogen) atoms. The zero-order chi connectivity index (χ0) is 23.5. The molecule has 5 nitrogen and oxygen atoms in total. The number of rotatable bonds is 6. The van der Waals surface area contributed by atoms with Gasteiger partial charge in [-0.15, -0.1) is 0 Å². The van der Waals surface area contributed by atoms with Gasteiger partial charge in [0.05, 0.1) is 16.6 Å². The van der Waals surface area contributed by atoms with Crippen molar-refractivity contribution in [3.63, 3.8) is 0 Å². The highest BCUT2D eigenvalue weighted by Gasteiger charge is 2.26. The minimum atomic E-state index is -0.557. The number of carbonyl (C=O) groups is 1. The fourth-order valence-electron chi connectivity index (χ4n) is 3.87. The molecule has 0 aliphatic rings. The molecule has 0 bridgehead atoms. The lowest BCUT2D eigenvalue weighted by molar-refractivity contribution is -0.121. The number of aryl methyl sites for hydroxylation is 2. The maximum absolute atomic E-state index is 13.6. The summed E-state index contributed by atoms with van der Waals surface area (Å²) in [6, 6.07) is 22.9. The molecule has 1 unspecified atom stereocenters. The Kier molecular flexibility index (Phi) is 6.65. The summed E-state index contributed by atoms with van der Waals surface area (Å²) in [5.41, 5.74) is 4.17. The van der Waals surface area contributed by atoms with E-state index in [2.05, 4.69) is 11.4 Å². The third-order valence-electron chi connectivity index (χ3n) is 5.20. The second-order valence-corrected chi connectivity index (χ2v) is 9.54. The van der Waals surface area contributed by atoms with Gasteiger partial charge in [0.15, 0.2) is 5.16 Å². The van der Waals surface area contributed by atoms with Gasteiger partial charge < -0.3 is 5.32 Å². The molecule has 0 radical (unpaired) electrons. The Balaban J connectivity index is 1.93. The van der Waals surface area contributed by atoms with Gasteiger partial charge >= 0.3 is 0 Å². The Bertz CT molecular complexity index is 1340. The number of nitrogens with one attached hydrogen (secondary N) is 1. The van der Waals surface area contributed by atoms with Crippen LogP contribution < -0.4 is 10.9 Å². The van der Waals surface area contributed by atoms with Crippen LogP contribution in [-0.2, 0) is 4.79 Å². The van der Waals surface area contributed by atoms with Crippen LogP contribution in [0.15, 0.2) is 82.7 Å². The number of aromatic nitrogens is 2. The van der Waals surface area contributed by atoms with Crippen LogP contribution in [0.5, 0.6) is 0 Å². The van der Waals surface area contributed by atoms with E-state index in [0.717, 1.165) is 22.4 Å². The van der Waals surface area contributed by atoms with E-state index in [1.165, 1.54) is 11.8 Å². The quantitative estimate of drug-likeness (QED) is 0.313. The molecule has 1 atom stereocenters. The highest BCUT2D eigenvalue weighted by atomic mass is 32.2. The average molecular weight is 458 g/mol. The molecular weight excluding hydrogens is 430 g/mol. The van der Waals surface area contributed by atoms with Gasteiger partial charge in [0.25, 0.3) is 5.56 Å². The SMILES string of the molecule is Cc1cc(C)cc(-n2c(SC(C(=O)NC(C)C)c3ccccc3)nc3ccccc3c2=O)c1. The third-order valence-corrected chi connectivity index (χ3v) is 6.41. The lowest BCUT2D eigenvalue weighted by Crippen LogP contribution is -2.34. The zero-order valence-corrected chi connectivity index (χ0v) is 20.0. The number of para-hydroxylation sites is 1. The van der Waals surface area contributed by atoms with Crippen LogP contribution in [0.25, 0.3) is 16.6 Å². The van der Waals surface area contributed by atoms with Crippen molar-refractivity contribution in [1.82, 2.24) is 14.9 Å². The molecule has 0 aliphatic carbocycles. The van der Waals surface area contributed by atoms with E-state index in [-0.39, 0.29) is 17.5 Å². The fraction of sp³-hybridized carbons (Fsp3) is 0.222. The Morgan fingerprint density at radius 2 is 1.58 bits per heavy atom. The summed E-state index contributed by atoms with van der Waals surface area (Å²) in [6.45, 7) is 7.88. The number of amides is 1. The first-order valence-electron chi connectivity index (χ1n) is 11.0. The van der Waals surface area contributed by atoms with Crippen molar-refractivity contribution >= 4 is 28.6 Å². The zero-order valence-electron chi connectivity index (χ0n) is 19.2. The normalized spacial score (nSPS) is 12.2. The van der Waals surface area contributed by atoms with Crippen molar-refractivity contribution in [2.24, 2.45) is 0 Å². The molecular formula is C27H27N3O2S. The van der Waals surface area contributed by atoms with Crippen LogP contribution in [0.4, 0.5) is 0 Å². The van der Waals surface area contributed by atoms with Gasteiger partial charge in [-0.05, 0) is 68.7 Å². The van der Waals surface area contributed by atoms with Crippen molar-refractivity contribution < 1.29 is 4.79 Å². The molecule has 3 aromatic carbocycles. The van der Waals surface area contributed by atoms with Gasteiger partial charge in [-0.2, -0.15) is 0 Å². The number of hydrogen-bond acceptors (Lipinski definition) is 4. The smallest absolute Gasteiger partial charge is 0.266 e. The molecule has 0 saturated carbocycles. The third kappa shape index (κ3) is 5.01. The molecule has 4 aromatic rings. The lowest BCUT2D eigenvalue weighted by atomic mass is 10.1. The Morgan fingerprint density at radius 3 is 2.24 bits per heavy atom. The maximum atomic E-state index is 13.6. The first-order valence-corrected chi connectivity index (χ1v) is 11.8. The minimum absolute atomic E-state index is 0.00418. The summed E-state index contributed by atoms with van der Waals surface area (Å²) in [4.78, 5) is 31.7. The van der Waals surface area contributed by atoms with Gasteiger partial charge in [-0.25, -0.2) is 4.98 Å². The summed E-state index contributed by atoms with van der Waals surface area (Å²) in [6.07, 6.45) is 0. The molecule has 1 aromatic heterocycles. The predicted octanol–water partition coefficient (Wildman–Crippen LogP) is 5.36. The molecule has 168 valence electrons. The van der Waals surface area contributed by atoms with E-state index in [4.69, 9.17) is 4.98 Å². The fourth-order valence-corrected chi connectivity index (χ4v) is 4.99. The first-order chi connectivity index (χ1) is 15.8. The van der Waals surface area contributed by atoms with E-state index in [0.29, 0.717) is 16.1 Å². The van der Waals surface area contributed by atoms with Crippen molar-refractivity contribution in [3.8, 4) is 5.69 Å². The van der Waals surface area contributed by atoms with Crippen molar-refractivity contribution in [2.75, 3.05) is 0 Å². The Morgan fingerprint density at radius 1 is 0.939 bits per heavy atom.